The van der Waals surface area contributed by atoms with E-state index in [0.717, 1.165) is 0 Å². The van der Waals surface area contributed by atoms with Gasteiger partial charge in [-0.1, -0.05) is 13.0 Å². The fraction of sp³-hybridized carbons (Fsp3) is 0.429. The van der Waals surface area contributed by atoms with E-state index in [1.165, 1.54) is 7.11 Å². The Bertz CT molecular complexity index is 501. The molecule has 0 bridgehead atoms. The number of nitrogens with zero attached hydrogens (tertiary/aromatic N) is 1. The number of carbonyl (C=O) groups is 2. The van der Waals surface area contributed by atoms with E-state index in [0.29, 0.717) is 24.3 Å². The summed E-state index contributed by atoms with van der Waals surface area (Å²) in [6, 6.07) is 6.87. The highest BCUT2D eigenvalue weighted by atomic mass is 16.5. The second-order valence-electron chi connectivity index (χ2n) is 4.94. The first-order chi connectivity index (χ1) is 9.02. The van der Waals surface area contributed by atoms with Crippen molar-refractivity contribution < 1.29 is 14.3 Å². The van der Waals surface area contributed by atoms with Gasteiger partial charge < -0.3 is 15.4 Å². The molecule has 1 saturated heterocycles. The first-order valence-electron chi connectivity index (χ1n) is 6.25. The van der Waals surface area contributed by atoms with Gasteiger partial charge in [0.25, 0.3) is 5.91 Å². The van der Waals surface area contributed by atoms with Crippen LogP contribution in [0, 0.1) is 11.8 Å². The van der Waals surface area contributed by atoms with Crippen molar-refractivity contribution in [3.05, 3.63) is 29.8 Å². The second kappa shape index (κ2) is 5.30. The van der Waals surface area contributed by atoms with E-state index >= 15 is 0 Å². The predicted octanol–water partition coefficient (Wildman–Crippen LogP) is 1.15. The van der Waals surface area contributed by atoms with Gasteiger partial charge in [-0.05, 0) is 24.1 Å². The van der Waals surface area contributed by atoms with Gasteiger partial charge in [-0.25, -0.2) is 0 Å². The Morgan fingerprint density at radius 3 is 2.74 bits per heavy atom. The smallest absolute Gasteiger partial charge is 0.310 e. The van der Waals surface area contributed by atoms with E-state index in [9.17, 15) is 9.59 Å². The molecule has 2 unspecified atom stereocenters. The van der Waals surface area contributed by atoms with Gasteiger partial charge in [0.2, 0.25) is 0 Å². The van der Waals surface area contributed by atoms with E-state index in [2.05, 4.69) is 0 Å². The molecule has 0 radical (unpaired) electrons. The van der Waals surface area contributed by atoms with Crippen LogP contribution in [0.25, 0.3) is 0 Å². The summed E-state index contributed by atoms with van der Waals surface area (Å²) in [6.45, 7) is 2.92. The third-order valence-electron chi connectivity index (χ3n) is 3.54. The number of nitrogen functional groups attached to an aromatic ring is 1. The normalized spacial score (nSPS) is 22.3. The molecule has 1 aliphatic rings. The molecule has 0 aliphatic carbocycles. The molecule has 2 N–H and O–H groups in total. The molecule has 0 spiro atoms. The summed E-state index contributed by atoms with van der Waals surface area (Å²) in [7, 11) is 1.37. The number of esters is 1. The molecule has 5 heteroatoms. The lowest BCUT2D eigenvalue weighted by atomic mass is 9.99. The van der Waals surface area contributed by atoms with Crippen molar-refractivity contribution in [2.45, 2.75) is 6.92 Å². The minimum atomic E-state index is -0.254. The van der Waals surface area contributed by atoms with Crippen LogP contribution < -0.4 is 5.73 Å². The van der Waals surface area contributed by atoms with Gasteiger partial charge in [-0.2, -0.15) is 0 Å². The molecule has 1 aromatic carbocycles. The van der Waals surface area contributed by atoms with Gasteiger partial charge in [0.1, 0.15) is 0 Å². The summed E-state index contributed by atoms with van der Waals surface area (Å²) in [5, 5.41) is 0. The van der Waals surface area contributed by atoms with Crippen molar-refractivity contribution in [1.82, 2.24) is 4.90 Å². The number of anilines is 1. The molecule has 1 amide bonds. The average Bonchev–Trinajstić information content (AvgIpc) is 2.79. The topological polar surface area (TPSA) is 72.6 Å². The number of rotatable bonds is 2. The number of hydrogen-bond acceptors (Lipinski definition) is 4. The van der Waals surface area contributed by atoms with Crippen LogP contribution in [0.15, 0.2) is 24.3 Å². The number of amides is 1. The summed E-state index contributed by atoms with van der Waals surface area (Å²) >= 11 is 0. The maximum absolute atomic E-state index is 12.3. The molecule has 19 heavy (non-hydrogen) atoms. The van der Waals surface area contributed by atoms with Crippen LogP contribution in [0.5, 0.6) is 0 Å². The highest BCUT2D eigenvalue weighted by molar-refractivity contribution is 5.95. The molecular weight excluding hydrogens is 244 g/mol. The number of likely N-dealkylation sites (tertiary alicyclic amines) is 1. The van der Waals surface area contributed by atoms with Crippen LogP contribution in [0.4, 0.5) is 5.69 Å². The number of hydrogen-bond donors (Lipinski definition) is 1. The zero-order valence-corrected chi connectivity index (χ0v) is 11.1. The summed E-state index contributed by atoms with van der Waals surface area (Å²) < 4.78 is 4.76. The van der Waals surface area contributed by atoms with E-state index in [4.69, 9.17) is 10.5 Å². The standard InChI is InChI=1S/C14H18N2O3/c1-9-7-16(8-12(9)14(18)19-2)13(17)10-4-3-5-11(15)6-10/h3-6,9,12H,7-8,15H2,1-2H3. The molecule has 1 aliphatic heterocycles. The first-order valence-corrected chi connectivity index (χ1v) is 6.25. The third kappa shape index (κ3) is 2.70. The Morgan fingerprint density at radius 1 is 1.37 bits per heavy atom. The number of carbonyl (C=O) groups excluding carboxylic acids is 2. The van der Waals surface area contributed by atoms with Gasteiger partial charge in [-0.15, -0.1) is 0 Å². The fourth-order valence-corrected chi connectivity index (χ4v) is 2.45. The molecule has 1 aromatic rings. The third-order valence-corrected chi connectivity index (χ3v) is 3.54. The van der Waals surface area contributed by atoms with Crippen molar-refractivity contribution in [3.8, 4) is 0 Å². The molecule has 1 fully saturated rings. The number of benzene rings is 1. The van der Waals surface area contributed by atoms with Gasteiger partial charge in [0, 0.05) is 24.3 Å². The van der Waals surface area contributed by atoms with Crippen LogP contribution >= 0.6 is 0 Å². The Kier molecular flexibility index (Phi) is 3.74. The SMILES string of the molecule is COC(=O)C1CN(C(=O)c2cccc(N)c2)CC1C. The maximum Gasteiger partial charge on any atom is 0.310 e. The molecule has 0 saturated carbocycles. The summed E-state index contributed by atoms with van der Waals surface area (Å²) in [6.07, 6.45) is 0. The van der Waals surface area contributed by atoms with Crippen LogP contribution in [0.3, 0.4) is 0 Å². The number of nitrogens with two attached hydrogens (primary N) is 1. The first kappa shape index (κ1) is 13.4. The van der Waals surface area contributed by atoms with Crippen molar-refractivity contribution in [2.24, 2.45) is 11.8 Å². The molecule has 1 heterocycles. The van der Waals surface area contributed by atoms with Crippen LogP contribution in [-0.2, 0) is 9.53 Å². The van der Waals surface area contributed by atoms with Gasteiger partial charge in [0.05, 0.1) is 13.0 Å². The van der Waals surface area contributed by atoms with E-state index in [1.54, 1.807) is 29.2 Å². The largest absolute Gasteiger partial charge is 0.469 e. The highest BCUT2D eigenvalue weighted by Crippen LogP contribution is 2.25. The predicted molar refractivity (Wildman–Crippen MR) is 71.4 cm³/mol. The molecule has 5 nitrogen and oxygen atoms in total. The van der Waals surface area contributed by atoms with Crippen molar-refractivity contribution in [2.75, 3.05) is 25.9 Å². The second-order valence-corrected chi connectivity index (χ2v) is 4.94. The summed E-state index contributed by atoms with van der Waals surface area (Å²) in [4.78, 5) is 25.6. The molecule has 2 atom stereocenters. The monoisotopic (exact) mass is 262 g/mol. The zero-order valence-electron chi connectivity index (χ0n) is 11.1. The molecule has 0 aromatic heterocycles. The average molecular weight is 262 g/mol. The molecule has 102 valence electrons. The summed E-state index contributed by atoms with van der Waals surface area (Å²) in [5.74, 6) is -0.478. The van der Waals surface area contributed by atoms with Crippen molar-refractivity contribution in [3.63, 3.8) is 0 Å². The van der Waals surface area contributed by atoms with E-state index in [-0.39, 0.29) is 23.7 Å². The van der Waals surface area contributed by atoms with E-state index in [1.807, 2.05) is 6.92 Å². The number of ether oxygens (including phenoxy) is 1. The lowest BCUT2D eigenvalue weighted by Gasteiger charge is -2.16. The Hall–Kier alpha value is -2.04. The van der Waals surface area contributed by atoms with E-state index < -0.39 is 0 Å². The number of methoxy groups -OCH3 is 1. The Morgan fingerprint density at radius 2 is 2.11 bits per heavy atom. The van der Waals surface area contributed by atoms with Crippen molar-refractivity contribution in [1.29, 1.82) is 0 Å². The van der Waals surface area contributed by atoms with Gasteiger partial charge >= 0.3 is 5.97 Å². The van der Waals surface area contributed by atoms with Crippen LogP contribution in [0.1, 0.15) is 17.3 Å². The lowest BCUT2D eigenvalue weighted by molar-refractivity contribution is -0.146. The minimum Gasteiger partial charge on any atom is -0.469 e. The zero-order chi connectivity index (χ0) is 14.0. The fourth-order valence-electron chi connectivity index (χ4n) is 2.45. The molecule has 2 rings (SSSR count). The summed E-state index contributed by atoms with van der Waals surface area (Å²) in [5.41, 5.74) is 6.79. The van der Waals surface area contributed by atoms with Crippen LogP contribution in [0.2, 0.25) is 0 Å². The van der Waals surface area contributed by atoms with Crippen molar-refractivity contribution >= 4 is 17.6 Å². The van der Waals surface area contributed by atoms with Crippen LogP contribution in [-0.4, -0.2) is 37.0 Å². The van der Waals surface area contributed by atoms with Gasteiger partial charge in [-0.3, -0.25) is 9.59 Å². The quantitative estimate of drug-likeness (QED) is 0.641. The highest BCUT2D eigenvalue weighted by Gasteiger charge is 2.37. The Labute approximate surface area is 112 Å². The molecular formula is C14H18N2O3. The van der Waals surface area contributed by atoms with Gasteiger partial charge in [0.15, 0.2) is 0 Å². The Balaban J connectivity index is 2.12. The lowest BCUT2D eigenvalue weighted by Crippen LogP contribution is -2.30. The minimum absolute atomic E-state index is 0.0921. The maximum atomic E-state index is 12.3.